The average Bonchev–Trinajstić information content (AvgIpc) is 2.65. The van der Waals surface area contributed by atoms with Crippen molar-refractivity contribution in [3.63, 3.8) is 0 Å². The van der Waals surface area contributed by atoms with Crippen LogP contribution in [0.25, 0.3) is 0 Å². The van der Waals surface area contributed by atoms with Crippen LogP contribution >= 0.6 is 0 Å². The topological polar surface area (TPSA) is 15.3 Å². The third-order valence-corrected chi connectivity index (χ3v) is 5.39. The van der Waals surface area contributed by atoms with Gasteiger partial charge in [0.2, 0.25) is 0 Å². The van der Waals surface area contributed by atoms with E-state index in [1.165, 1.54) is 77.4 Å². The van der Waals surface area contributed by atoms with Crippen LogP contribution < -0.4 is 5.32 Å². The number of likely N-dealkylation sites (tertiary alicyclic amines) is 1. The molecular formula is C17H34N2. The van der Waals surface area contributed by atoms with Crippen LogP contribution in [-0.4, -0.2) is 37.1 Å². The van der Waals surface area contributed by atoms with E-state index in [2.05, 4.69) is 24.1 Å². The minimum absolute atomic E-state index is 0.568. The average molecular weight is 266 g/mol. The van der Waals surface area contributed by atoms with Crippen LogP contribution in [0.1, 0.15) is 71.6 Å². The van der Waals surface area contributed by atoms with E-state index in [9.17, 15) is 0 Å². The molecule has 0 aromatic carbocycles. The fourth-order valence-corrected chi connectivity index (χ4v) is 4.08. The van der Waals surface area contributed by atoms with Crippen LogP contribution in [0.5, 0.6) is 0 Å². The Balaban J connectivity index is 1.98. The lowest BCUT2D eigenvalue weighted by atomic mass is 9.78. The molecule has 0 aromatic rings. The summed E-state index contributed by atoms with van der Waals surface area (Å²) < 4.78 is 0. The molecule has 1 unspecified atom stereocenters. The quantitative estimate of drug-likeness (QED) is 0.761. The molecule has 1 atom stereocenters. The minimum atomic E-state index is 0.568. The standard InChI is InChI=1S/C17H34N2/c1-3-18-14-17(11-7-4-5-8-12-17)15-19-13-9-6-10-16(19)2/h16,18H,3-15H2,1-2H3. The van der Waals surface area contributed by atoms with Crippen LogP contribution in [0.15, 0.2) is 0 Å². The van der Waals surface area contributed by atoms with Crippen LogP contribution in [-0.2, 0) is 0 Å². The zero-order valence-corrected chi connectivity index (χ0v) is 13.2. The highest BCUT2D eigenvalue weighted by atomic mass is 15.2. The number of rotatable bonds is 5. The van der Waals surface area contributed by atoms with Crippen LogP contribution in [0.2, 0.25) is 0 Å². The SMILES string of the molecule is CCNCC1(CN2CCCCC2C)CCCCCC1. The summed E-state index contributed by atoms with van der Waals surface area (Å²) in [5.41, 5.74) is 0.568. The van der Waals surface area contributed by atoms with E-state index in [1.54, 1.807) is 0 Å². The molecule has 0 radical (unpaired) electrons. The highest BCUT2D eigenvalue weighted by Gasteiger charge is 2.34. The highest BCUT2D eigenvalue weighted by Crippen LogP contribution is 2.36. The van der Waals surface area contributed by atoms with Gasteiger partial charge in [-0.1, -0.05) is 39.0 Å². The lowest BCUT2D eigenvalue weighted by Gasteiger charge is -2.42. The normalized spacial score (nSPS) is 29.1. The maximum atomic E-state index is 3.66. The molecule has 2 fully saturated rings. The van der Waals surface area contributed by atoms with Crippen molar-refractivity contribution < 1.29 is 0 Å². The Bertz CT molecular complexity index is 244. The molecule has 112 valence electrons. The molecule has 1 heterocycles. The Morgan fingerprint density at radius 2 is 1.79 bits per heavy atom. The third kappa shape index (κ3) is 4.46. The molecular weight excluding hydrogens is 232 g/mol. The molecule has 0 amide bonds. The molecule has 1 saturated carbocycles. The van der Waals surface area contributed by atoms with Crippen molar-refractivity contribution in [2.45, 2.75) is 77.7 Å². The zero-order valence-electron chi connectivity index (χ0n) is 13.2. The Morgan fingerprint density at radius 1 is 1.05 bits per heavy atom. The predicted molar refractivity (Wildman–Crippen MR) is 83.6 cm³/mol. The van der Waals surface area contributed by atoms with Gasteiger partial charge in [-0.15, -0.1) is 0 Å². The summed E-state index contributed by atoms with van der Waals surface area (Å²) in [5.74, 6) is 0. The summed E-state index contributed by atoms with van der Waals surface area (Å²) >= 11 is 0. The summed E-state index contributed by atoms with van der Waals surface area (Å²) in [7, 11) is 0. The monoisotopic (exact) mass is 266 g/mol. The molecule has 1 aliphatic carbocycles. The zero-order chi connectivity index (χ0) is 13.6. The van der Waals surface area contributed by atoms with Gasteiger partial charge in [-0.2, -0.15) is 0 Å². The van der Waals surface area contributed by atoms with Gasteiger partial charge < -0.3 is 10.2 Å². The van der Waals surface area contributed by atoms with Gasteiger partial charge in [0.1, 0.15) is 0 Å². The second-order valence-corrected chi connectivity index (χ2v) is 7.01. The second-order valence-electron chi connectivity index (χ2n) is 7.01. The smallest absolute Gasteiger partial charge is 0.00671 e. The van der Waals surface area contributed by atoms with Crippen molar-refractivity contribution in [1.82, 2.24) is 10.2 Å². The largest absolute Gasteiger partial charge is 0.316 e. The van der Waals surface area contributed by atoms with Crippen molar-refractivity contribution in [1.29, 1.82) is 0 Å². The highest BCUT2D eigenvalue weighted by molar-refractivity contribution is 4.89. The van der Waals surface area contributed by atoms with Gasteiger partial charge in [0.25, 0.3) is 0 Å². The van der Waals surface area contributed by atoms with E-state index in [-0.39, 0.29) is 0 Å². The first-order valence-electron chi connectivity index (χ1n) is 8.70. The minimum Gasteiger partial charge on any atom is -0.316 e. The molecule has 1 N–H and O–H groups in total. The molecule has 2 heteroatoms. The van der Waals surface area contributed by atoms with E-state index in [1.807, 2.05) is 0 Å². The maximum absolute atomic E-state index is 3.66. The summed E-state index contributed by atoms with van der Waals surface area (Å²) in [4.78, 5) is 2.80. The molecule has 2 nitrogen and oxygen atoms in total. The number of piperidine rings is 1. The van der Waals surface area contributed by atoms with E-state index in [0.717, 1.165) is 12.6 Å². The fraction of sp³-hybridized carbons (Fsp3) is 1.00. The molecule has 1 aliphatic heterocycles. The van der Waals surface area contributed by atoms with Gasteiger partial charge in [-0.3, -0.25) is 0 Å². The van der Waals surface area contributed by atoms with Gasteiger partial charge in [0.05, 0.1) is 0 Å². The van der Waals surface area contributed by atoms with E-state index in [4.69, 9.17) is 0 Å². The van der Waals surface area contributed by atoms with E-state index in [0.29, 0.717) is 5.41 Å². The Morgan fingerprint density at radius 3 is 2.42 bits per heavy atom. The van der Waals surface area contributed by atoms with Crippen LogP contribution in [0.3, 0.4) is 0 Å². The second kappa shape index (κ2) is 7.64. The Labute approximate surface area is 120 Å². The Hall–Kier alpha value is -0.0800. The van der Waals surface area contributed by atoms with Gasteiger partial charge in [0, 0.05) is 19.1 Å². The van der Waals surface area contributed by atoms with Gasteiger partial charge in [-0.25, -0.2) is 0 Å². The van der Waals surface area contributed by atoms with Crippen molar-refractivity contribution in [3.8, 4) is 0 Å². The van der Waals surface area contributed by atoms with Gasteiger partial charge >= 0.3 is 0 Å². The molecule has 0 bridgehead atoms. The number of nitrogens with one attached hydrogen (secondary N) is 1. The fourth-order valence-electron chi connectivity index (χ4n) is 4.08. The van der Waals surface area contributed by atoms with Crippen molar-refractivity contribution in [2.24, 2.45) is 5.41 Å². The van der Waals surface area contributed by atoms with E-state index >= 15 is 0 Å². The summed E-state index contributed by atoms with van der Waals surface area (Å²) in [6, 6.07) is 0.815. The molecule has 0 aromatic heterocycles. The van der Waals surface area contributed by atoms with Gasteiger partial charge in [-0.05, 0) is 51.1 Å². The first-order chi connectivity index (χ1) is 9.26. The number of nitrogens with zero attached hydrogens (tertiary/aromatic N) is 1. The predicted octanol–water partition coefficient (Wildman–Crippen LogP) is 3.81. The van der Waals surface area contributed by atoms with Crippen molar-refractivity contribution in [2.75, 3.05) is 26.2 Å². The first kappa shape index (κ1) is 15.3. The number of hydrogen-bond acceptors (Lipinski definition) is 2. The van der Waals surface area contributed by atoms with Crippen LogP contribution in [0.4, 0.5) is 0 Å². The van der Waals surface area contributed by atoms with Gasteiger partial charge in [0.15, 0.2) is 0 Å². The first-order valence-corrected chi connectivity index (χ1v) is 8.70. The molecule has 0 spiro atoms. The van der Waals surface area contributed by atoms with Crippen molar-refractivity contribution in [3.05, 3.63) is 0 Å². The molecule has 2 rings (SSSR count). The number of hydrogen-bond donors (Lipinski definition) is 1. The molecule has 19 heavy (non-hydrogen) atoms. The lowest BCUT2D eigenvalue weighted by Crippen LogP contribution is -2.48. The third-order valence-electron chi connectivity index (χ3n) is 5.39. The van der Waals surface area contributed by atoms with E-state index < -0.39 is 0 Å². The summed E-state index contributed by atoms with van der Waals surface area (Å²) in [5, 5.41) is 3.66. The molecule has 2 aliphatic rings. The summed E-state index contributed by atoms with van der Waals surface area (Å²) in [6.07, 6.45) is 13.0. The Kier molecular flexibility index (Phi) is 6.15. The maximum Gasteiger partial charge on any atom is 0.00671 e. The summed E-state index contributed by atoms with van der Waals surface area (Å²) in [6.45, 7) is 9.74. The van der Waals surface area contributed by atoms with Crippen molar-refractivity contribution >= 4 is 0 Å². The molecule has 1 saturated heterocycles. The lowest BCUT2D eigenvalue weighted by molar-refractivity contribution is 0.0761. The van der Waals surface area contributed by atoms with Crippen LogP contribution in [0, 0.1) is 5.41 Å².